The van der Waals surface area contributed by atoms with Crippen LogP contribution in [-0.4, -0.2) is 69.9 Å². The summed E-state index contributed by atoms with van der Waals surface area (Å²) in [7, 11) is 4.02. The number of hydrogen-bond acceptors (Lipinski definition) is 6. The Labute approximate surface area is 150 Å². The van der Waals surface area contributed by atoms with Crippen molar-refractivity contribution in [3.8, 4) is 0 Å². The van der Waals surface area contributed by atoms with Gasteiger partial charge in [0.1, 0.15) is 0 Å². The Morgan fingerprint density at radius 1 is 1.40 bits per heavy atom. The van der Waals surface area contributed by atoms with Crippen LogP contribution in [0.1, 0.15) is 23.4 Å². The Kier molecular flexibility index (Phi) is 5.05. The number of likely N-dealkylation sites (tertiary alicyclic amines) is 1. The topological polar surface area (TPSA) is 82.8 Å². The Balaban J connectivity index is 1.58. The van der Waals surface area contributed by atoms with Crippen molar-refractivity contribution in [2.24, 2.45) is 5.92 Å². The van der Waals surface area contributed by atoms with Gasteiger partial charge in [-0.1, -0.05) is 11.3 Å². The molecule has 2 aromatic heterocycles. The molecule has 1 unspecified atom stereocenters. The van der Waals surface area contributed by atoms with Crippen LogP contribution in [0.5, 0.6) is 0 Å². The maximum absolute atomic E-state index is 12.5. The SMILES string of the molecule is Cc1sc2nc(NC(=O)C3CC(=O)N(CCCN(C)C)C3)nn2c1C. The zero-order chi connectivity index (χ0) is 18.1. The van der Waals surface area contributed by atoms with E-state index in [1.165, 1.54) is 0 Å². The van der Waals surface area contributed by atoms with E-state index < -0.39 is 0 Å². The second-order valence-corrected chi connectivity index (χ2v) is 7.94. The second kappa shape index (κ2) is 7.09. The first kappa shape index (κ1) is 17.8. The highest BCUT2D eigenvalue weighted by molar-refractivity contribution is 7.17. The van der Waals surface area contributed by atoms with Gasteiger partial charge in [-0.3, -0.25) is 14.9 Å². The largest absolute Gasteiger partial charge is 0.342 e. The van der Waals surface area contributed by atoms with Crippen LogP contribution in [0.15, 0.2) is 0 Å². The summed E-state index contributed by atoms with van der Waals surface area (Å²) in [6.45, 7) is 6.08. The van der Waals surface area contributed by atoms with Crippen LogP contribution < -0.4 is 5.32 Å². The Bertz CT molecular complexity index is 796. The van der Waals surface area contributed by atoms with Gasteiger partial charge in [-0.25, -0.2) is 4.52 Å². The average molecular weight is 364 g/mol. The highest BCUT2D eigenvalue weighted by Gasteiger charge is 2.34. The van der Waals surface area contributed by atoms with Gasteiger partial charge in [-0.05, 0) is 40.9 Å². The molecule has 1 aliphatic heterocycles. The number of fused-ring (bicyclic) bond motifs is 1. The zero-order valence-electron chi connectivity index (χ0n) is 15.1. The molecule has 2 amide bonds. The third-order valence-electron chi connectivity index (χ3n) is 4.50. The number of hydrogen-bond donors (Lipinski definition) is 1. The molecule has 1 N–H and O–H groups in total. The molecule has 9 heteroatoms. The molecule has 25 heavy (non-hydrogen) atoms. The van der Waals surface area contributed by atoms with Crippen molar-refractivity contribution < 1.29 is 9.59 Å². The van der Waals surface area contributed by atoms with Crippen LogP contribution in [-0.2, 0) is 9.59 Å². The monoisotopic (exact) mass is 364 g/mol. The molecule has 2 aromatic rings. The fraction of sp³-hybridized carbons (Fsp3) is 0.625. The maximum Gasteiger partial charge on any atom is 0.250 e. The van der Waals surface area contributed by atoms with E-state index in [1.54, 1.807) is 20.8 Å². The smallest absolute Gasteiger partial charge is 0.250 e. The van der Waals surface area contributed by atoms with E-state index in [0.717, 1.165) is 28.5 Å². The molecule has 0 spiro atoms. The molecule has 0 saturated carbocycles. The van der Waals surface area contributed by atoms with Gasteiger partial charge in [0.15, 0.2) is 0 Å². The molecule has 0 bridgehead atoms. The predicted molar refractivity (Wildman–Crippen MR) is 96.8 cm³/mol. The number of carbonyl (C=O) groups is 2. The number of carbonyl (C=O) groups excluding carboxylic acids is 2. The van der Waals surface area contributed by atoms with Crippen molar-refractivity contribution >= 4 is 34.1 Å². The van der Waals surface area contributed by atoms with Gasteiger partial charge in [0.2, 0.25) is 22.7 Å². The molecule has 0 radical (unpaired) electrons. The lowest BCUT2D eigenvalue weighted by Crippen LogP contribution is -2.30. The lowest BCUT2D eigenvalue weighted by Gasteiger charge is -2.17. The van der Waals surface area contributed by atoms with Crippen molar-refractivity contribution in [3.05, 3.63) is 10.6 Å². The fourth-order valence-electron chi connectivity index (χ4n) is 2.95. The van der Waals surface area contributed by atoms with Gasteiger partial charge in [0, 0.05) is 24.4 Å². The summed E-state index contributed by atoms with van der Waals surface area (Å²) >= 11 is 1.54. The standard InChI is InChI=1S/C16H24N6O2S/c1-10-11(2)25-16-18-15(19-22(10)16)17-14(24)12-8-13(23)21(9-12)7-5-6-20(3)4/h12H,5-9H2,1-4H3,(H,17,19,24). The van der Waals surface area contributed by atoms with E-state index in [-0.39, 0.29) is 24.2 Å². The molecular formula is C16H24N6O2S. The minimum absolute atomic E-state index is 0.0455. The van der Waals surface area contributed by atoms with Gasteiger partial charge in [-0.15, -0.1) is 5.10 Å². The van der Waals surface area contributed by atoms with Gasteiger partial charge in [-0.2, -0.15) is 4.98 Å². The van der Waals surface area contributed by atoms with Gasteiger partial charge in [0.25, 0.3) is 0 Å². The summed E-state index contributed by atoms with van der Waals surface area (Å²) in [6, 6.07) is 0. The van der Waals surface area contributed by atoms with Crippen molar-refractivity contribution in [1.82, 2.24) is 24.4 Å². The molecule has 1 aliphatic rings. The Hall–Kier alpha value is -2.00. The van der Waals surface area contributed by atoms with Crippen LogP contribution in [0, 0.1) is 19.8 Å². The Morgan fingerprint density at radius 3 is 2.84 bits per heavy atom. The molecule has 0 aromatic carbocycles. The van der Waals surface area contributed by atoms with Crippen molar-refractivity contribution in [1.29, 1.82) is 0 Å². The lowest BCUT2D eigenvalue weighted by atomic mass is 10.1. The van der Waals surface area contributed by atoms with E-state index >= 15 is 0 Å². The van der Waals surface area contributed by atoms with Crippen molar-refractivity contribution in [3.63, 3.8) is 0 Å². The van der Waals surface area contributed by atoms with Crippen LogP contribution in [0.3, 0.4) is 0 Å². The maximum atomic E-state index is 12.5. The number of rotatable bonds is 6. The summed E-state index contributed by atoms with van der Waals surface area (Å²) in [5, 5.41) is 7.09. The van der Waals surface area contributed by atoms with Crippen LogP contribution in [0.4, 0.5) is 5.95 Å². The van der Waals surface area contributed by atoms with E-state index in [0.29, 0.717) is 19.0 Å². The molecular weight excluding hydrogens is 340 g/mol. The minimum Gasteiger partial charge on any atom is -0.342 e. The van der Waals surface area contributed by atoms with E-state index in [4.69, 9.17) is 0 Å². The molecule has 1 atom stereocenters. The third-order valence-corrected chi connectivity index (χ3v) is 5.55. The molecule has 0 aliphatic carbocycles. The van der Waals surface area contributed by atoms with Gasteiger partial charge in [0.05, 0.1) is 11.6 Å². The van der Waals surface area contributed by atoms with E-state index in [9.17, 15) is 9.59 Å². The number of nitrogens with zero attached hydrogens (tertiary/aromatic N) is 5. The fourth-order valence-corrected chi connectivity index (χ4v) is 3.85. The highest BCUT2D eigenvalue weighted by Crippen LogP contribution is 2.23. The first-order chi connectivity index (χ1) is 11.8. The summed E-state index contributed by atoms with van der Waals surface area (Å²) in [5.41, 5.74) is 1.02. The number of thiazole rings is 1. The summed E-state index contributed by atoms with van der Waals surface area (Å²) in [4.78, 5) is 34.7. The zero-order valence-corrected chi connectivity index (χ0v) is 15.9. The molecule has 1 fully saturated rings. The minimum atomic E-state index is -0.337. The van der Waals surface area contributed by atoms with Crippen molar-refractivity contribution in [2.75, 3.05) is 39.0 Å². The first-order valence-electron chi connectivity index (χ1n) is 8.41. The summed E-state index contributed by atoms with van der Waals surface area (Å²) in [6.07, 6.45) is 1.17. The summed E-state index contributed by atoms with van der Waals surface area (Å²) < 4.78 is 1.74. The number of aromatic nitrogens is 3. The van der Waals surface area contributed by atoms with Gasteiger partial charge < -0.3 is 9.80 Å². The number of aryl methyl sites for hydroxylation is 2. The molecule has 3 rings (SSSR count). The highest BCUT2D eigenvalue weighted by atomic mass is 32.1. The third kappa shape index (κ3) is 3.82. The molecule has 3 heterocycles. The number of amides is 2. The van der Waals surface area contributed by atoms with E-state index in [1.807, 2.05) is 27.9 Å². The second-order valence-electron chi connectivity index (χ2n) is 6.76. The predicted octanol–water partition coefficient (Wildman–Crippen LogP) is 1.15. The normalized spacial score (nSPS) is 17.9. The van der Waals surface area contributed by atoms with Gasteiger partial charge >= 0.3 is 0 Å². The van der Waals surface area contributed by atoms with Crippen LogP contribution in [0.25, 0.3) is 4.96 Å². The number of anilines is 1. The molecule has 8 nitrogen and oxygen atoms in total. The quantitative estimate of drug-likeness (QED) is 0.831. The van der Waals surface area contributed by atoms with E-state index in [2.05, 4.69) is 20.3 Å². The lowest BCUT2D eigenvalue weighted by molar-refractivity contribution is -0.128. The average Bonchev–Trinajstić information content (AvgIpc) is 3.16. The summed E-state index contributed by atoms with van der Waals surface area (Å²) in [5.74, 6) is -0.172. The van der Waals surface area contributed by atoms with Crippen LogP contribution >= 0.6 is 11.3 Å². The van der Waals surface area contributed by atoms with Crippen molar-refractivity contribution in [2.45, 2.75) is 26.7 Å². The molecule has 136 valence electrons. The van der Waals surface area contributed by atoms with Crippen LogP contribution in [0.2, 0.25) is 0 Å². The first-order valence-corrected chi connectivity index (χ1v) is 9.23. The number of nitrogens with one attached hydrogen (secondary N) is 1. The molecule has 1 saturated heterocycles. The Morgan fingerprint density at radius 2 is 2.16 bits per heavy atom.